The molecule has 6 nitrogen and oxygen atoms in total. The smallest absolute Gasteiger partial charge is 0.193 e. The molecule has 7 heteroatoms. The van der Waals surface area contributed by atoms with Crippen molar-refractivity contribution in [2.24, 2.45) is 10.9 Å². The quantitative estimate of drug-likeness (QED) is 0.249. The predicted octanol–water partition coefficient (Wildman–Crippen LogP) is 3.22. The molecular weight excluding hydrogens is 479 g/mol. The highest BCUT2D eigenvalue weighted by molar-refractivity contribution is 14.0. The summed E-state index contributed by atoms with van der Waals surface area (Å²) >= 11 is 0. The largest absolute Gasteiger partial charge is 0.385 e. The number of hydrogen-bond acceptors (Lipinski definition) is 4. The molecule has 3 rings (SSSR count). The van der Waals surface area contributed by atoms with Gasteiger partial charge in [0.15, 0.2) is 5.96 Å². The number of likely N-dealkylation sites (tertiary alicyclic amines) is 1. The highest BCUT2D eigenvalue weighted by Gasteiger charge is 2.25. The Hall–Kier alpha value is -1.06. The van der Waals surface area contributed by atoms with Crippen molar-refractivity contribution in [1.29, 1.82) is 0 Å². The van der Waals surface area contributed by atoms with E-state index in [9.17, 15) is 0 Å². The molecule has 1 N–H and O–H groups in total. The van der Waals surface area contributed by atoms with Crippen molar-refractivity contribution >= 4 is 35.6 Å². The van der Waals surface area contributed by atoms with E-state index in [1.54, 1.807) is 7.11 Å². The highest BCUT2D eigenvalue weighted by atomic mass is 127. The third kappa shape index (κ3) is 7.61. The molecule has 1 atom stereocenters. The van der Waals surface area contributed by atoms with Gasteiger partial charge >= 0.3 is 0 Å². The summed E-state index contributed by atoms with van der Waals surface area (Å²) in [6.07, 6.45) is 4.72. The van der Waals surface area contributed by atoms with Gasteiger partial charge in [0.1, 0.15) is 0 Å². The minimum Gasteiger partial charge on any atom is -0.385 e. The standard InChI is InChI=1S/C22H36N4O2.HI/c1-23-22(25-13-10-21(11-14-25)28-16-6-15-27-2)24-17-19-9-12-26(18-19)20-7-4-3-5-8-20;/h3-5,7-8,19,21H,6,9-18H2,1-2H3,(H,23,24);1H. The number of anilines is 1. The second-order valence-electron chi connectivity index (χ2n) is 7.77. The number of benzene rings is 1. The van der Waals surface area contributed by atoms with Crippen LogP contribution in [0.2, 0.25) is 0 Å². The summed E-state index contributed by atoms with van der Waals surface area (Å²) in [4.78, 5) is 9.38. The van der Waals surface area contributed by atoms with Crippen molar-refractivity contribution in [3.05, 3.63) is 30.3 Å². The number of ether oxygens (including phenoxy) is 2. The fourth-order valence-electron chi connectivity index (χ4n) is 4.13. The lowest BCUT2D eigenvalue weighted by atomic mass is 10.1. The molecule has 0 radical (unpaired) electrons. The lowest BCUT2D eigenvalue weighted by Gasteiger charge is -2.34. The molecule has 0 saturated carbocycles. The molecule has 0 amide bonds. The summed E-state index contributed by atoms with van der Waals surface area (Å²) in [7, 11) is 3.63. The van der Waals surface area contributed by atoms with Gasteiger partial charge in [-0.05, 0) is 43.7 Å². The summed E-state index contributed by atoms with van der Waals surface area (Å²) in [6, 6.07) is 10.7. The Bertz CT molecular complexity index is 594. The van der Waals surface area contributed by atoms with Crippen LogP contribution >= 0.6 is 24.0 Å². The van der Waals surface area contributed by atoms with Crippen molar-refractivity contribution in [3.8, 4) is 0 Å². The first kappa shape index (κ1) is 24.2. The molecular formula is C22H37IN4O2. The van der Waals surface area contributed by atoms with Gasteiger partial charge < -0.3 is 24.6 Å². The summed E-state index contributed by atoms with van der Waals surface area (Å²) in [5.41, 5.74) is 1.34. The molecule has 0 bridgehead atoms. The Labute approximate surface area is 193 Å². The van der Waals surface area contributed by atoms with Crippen molar-refractivity contribution in [2.75, 3.05) is 65.0 Å². The number of halogens is 1. The molecule has 2 fully saturated rings. The molecule has 0 aliphatic carbocycles. The summed E-state index contributed by atoms with van der Waals surface area (Å²) < 4.78 is 11.0. The minimum absolute atomic E-state index is 0. The van der Waals surface area contributed by atoms with Crippen LogP contribution in [-0.2, 0) is 9.47 Å². The number of hydrogen-bond donors (Lipinski definition) is 1. The average molecular weight is 516 g/mol. The highest BCUT2D eigenvalue weighted by Crippen LogP contribution is 2.23. The number of aliphatic imine (C=N–C) groups is 1. The van der Waals surface area contributed by atoms with Crippen molar-refractivity contribution in [2.45, 2.75) is 31.8 Å². The van der Waals surface area contributed by atoms with E-state index in [1.807, 2.05) is 7.05 Å². The van der Waals surface area contributed by atoms with Crippen LogP contribution in [-0.4, -0.2) is 77.1 Å². The van der Waals surface area contributed by atoms with Crippen LogP contribution in [0.4, 0.5) is 5.69 Å². The topological polar surface area (TPSA) is 49.3 Å². The monoisotopic (exact) mass is 516 g/mol. The lowest BCUT2D eigenvalue weighted by molar-refractivity contribution is 0.00989. The molecule has 1 aromatic carbocycles. The Kier molecular flexibility index (Phi) is 11.1. The van der Waals surface area contributed by atoms with Crippen LogP contribution in [0.15, 0.2) is 35.3 Å². The number of rotatable bonds is 8. The van der Waals surface area contributed by atoms with Crippen molar-refractivity contribution in [3.63, 3.8) is 0 Å². The van der Waals surface area contributed by atoms with Crippen LogP contribution in [0, 0.1) is 5.92 Å². The number of guanidine groups is 1. The maximum atomic E-state index is 5.97. The van der Waals surface area contributed by atoms with Crippen LogP contribution in [0.1, 0.15) is 25.7 Å². The van der Waals surface area contributed by atoms with Gasteiger partial charge in [-0.25, -0.2) is 0 Å². The zero-order valence-corrected chi connectivity index (χ0v) is 20.2. The number of para-hydroxylation sites is 1. The van der Waals surface area contributed by atoms with Crippen molar-refractivity contribution < 1.29 is 9.47 Å². The molecule has 29 heavy (non-hydrogen) atoms. The van der Waals surface area contributed by atoms with Crippen LogP contribution in [0.5, 0.6) is 0 Å². The number of nitrogens with zero attached hydrogens (tertiary/aromatic N) is 3. The van der Waals surface area contributed by atoms with Crippen LogP contribution < -0.4 is 10.2 Å². The fourth-order valence-corrected chi connectivity index (χ4v) is 4.13. The van der Waals surface area contributed by atoms with Crippen LogP contribution in [0.3, 0.4) is 0 Å². The second kappa shape index (κ2) is 13.3. The Morgan fingerprint density at radius 1 is 1.10 bits per heavy atom. The molecule has 2 heterocycles. The van der Waals surface area contributed by atoms with Gasteiger partial charge in [0.2, 0.25) is 0 Å². The van der Waals surface area contributed by atoms with Gasteiger partial charge in [0.05, 0.1) is 6.10 Å². The van der Waals surface area contributed by atoms with Gasteiger partial charge in [-0.1, -0.05) is 18.2 Å². The van der Waals surface area contributed by atoms with E-state index in [-0.39, 0.29) is 24.0 Å². The third-order valence-corrected chi connectivity index (χ3v) is 5.76. The maximum absolute atomic E-state index is 5.97. The van der Waals surface area contributed by atoms with Gasteiger partial charge in [-0.15, -0.1) is 24.0 Å². The Balaban J connectivity index is 0.00000300. The van der Waals surface area contributed by atoms with Crippen molar-refractivity contribution in [1.82, 2.24) is 10.2 Å². The lowest BCUT2D eigenvalue weighted by Crippen LogP contribution is -2.48. The molecule has 0 spiro atoms. The predicted molar refractivity (Wildman–Crippen MR) is 131 cm³/mol. The van der Waals surface area contributed by atoms with E-state index in [0.29, 0.717) is 12.0 Å². The number of piperidine rings is 1. The SMILES string of the molecule is CN=C(NCC1CCN(c2ccccc2)C1)N1CCC(OCCCOC)CC1.I. The van der Waals surface area contributed by atoms with Gasteiger partial charge in [-0.3, -0.25) is 4.99 Å². The molecule has 2 aliphatic rings. The molecule has 1 unspecified atom stereocenters. The second-order valence-corrected chi connectivity index (χ2v) is 7.77. The molecule has 0 aromatic heterocycles. The molecule has 2 aliphatic heterocycles. The first-order valence-corrected chi connectivity index (χ1v) is 10.7. The number of methoxy groups -OCH3 is 1. The Morgan fingerprint density at radius 2 is 1.86 bits per heavy atom. The summed E-state index contributed by atoms with van der Waals surface area (Å²) in [5.74, 6) is 1.70. The average Bonchev–Trinajstić information content (AvgIpc) is 3.22. The summed E-state index contributed by atoms with van der Waals surface area (Å²) in [5, 5.41) is 3.62. The molecule has 2 saturated heterocycles. The first-order valence-electron chi connectivity index (χ1n) is 10.7. The fraction of sp³-hybridized carbons (Fsp3) is 0.682. The summed E-state index contributed by atoms with van der Waals surface area (Å²) in [6.45, 7) is 6.84. The zero-order valence-electron chi connectivity index (χ0n) is 17.9. The van der Waals surface area contributed by atoms with E-state index >= 15 is 0 Å². The van der Waals surface area contributed by atoms with Gasteiger partial charge in [-0.2, -0.15) is 0 Å². The van der Waals surface area contributed by atoms with E-state index in [2.05, 4.69) is 50.4 Å². The maximum Gasteiger partial charge on any atom is 0.193 e. The zero-order chi connectivity index (χ0) is 19.6. The Morgan fingerprint density at radius 3 is 2.55 bits per heavy atom. The van der Waals surface area contributed by atoms with E-state index in [1.165, 1.54) is 12.1 Å². The normalized spacial score (nSPS) is 20.6. The third-order valence-electron chi connectivity index (χ3n) is 5.76. The first-order chi connectivity index (χ1) is 13.8. The van der Waals surface area contributed by atoms with Crippen LogP contribution in [0.25, 0.3) is 0 Å². The molecule has 164 valence electrons. The molecule has 1 aromatic rings. The van der Waals surface area contributed by atoms with E-state index in [4.69, 9.17) is 9.47 Å². The van der Waals surface area contributed by atoms with E-state index < -0.39 is 0 Å². The van der Waals surface area contributed by atoms with Gasteiger partial charge in [0.25, 0.3) is 0 Å². The minimum atomic E-state index is 0. The number of nitrogens with one attached hydrogen (secondary N) is 1. The van der Waals surface area contributed by atoms with E-state index in [0.717, 1.165) is 71.2 Å². The van der Waals surface area contributed by atoms with Gasteiger partial charge in [0, 0.05) is 65.8 Å².